The molecule has 0 bridgehead atoms. The number of hydrogen-bond donors (Lipinski definition) is 0. The molecule has 0 aromatic rings. The first-order chi connectivity index (χ1) is 4.55. The van der Waals surface area contributed by atoms with Gasteiger partial charge in [-0.05, 0) is 14.0 Å². The lowest BCUT2D eigenvalue weighted by molar-refractivity contribution is -0.126. The van der Waals surface area contributed by atoms with Crippen molar-refractivity contribution in [2.75, 3.05) is 14.1 Å². The Hall–Kier alpha value is 0.150. The van der Waals surface area contributed by atoms with E-state index in [1.807, 2.05) is 18.6 Å². The first-order valence-corrected chi connectivity index (χ1v) is 5.17. The van der Waals surface area contributed by atoms with Crippen molar-refractivity contribution in [2.45, 2.75) is 13.0 Å². The minimum absolute atomic E-state index is 0.0476. The van der Waals surface area contributed by atoms with Crippen molar-refractivity contribution in [3.05, 3.63) is 0 Å². The molecule has 1 rings (SSSR count). The fraction of sp³-hybridized carbons (Fsp3) is 0.800. The van der Waals surface area contributed by atoms with Gasteiger partial charge >= 0.3 is 0 Å². The number of amides is 1. The topological polar surface area (TPSA) is 23.6 Å². The van der Waals surface area contributed by atoms with Crippen molar-refractivity contribution in [3.8, 4) is 0 Å². The summed E-state index contributed by atoms with van der Waals surface area (Å²) in [5.41, 5.74) is 0. The molecule has 0 N–H and O–H groups in total. The van der Waals surface area contributed by atoms with E-state index >= 15 is 0 Å². The molecule has 5 heteroatoms. The molecule has 2 atom stereocenters. The lowest BCUT2D eigenvalue weighted by atomic mass is 10.3. The van der Waals surface area contributed by atoms with E-state index in [1.54, 1.807) is 11.7 Å². The first-order valence-electron chi connectivity index (χ1n) is 3.02. The van der Waals surface area contributed by atoms with Gasteiger partial charge in [0.2, 0.25) is 5.91 Å². The van der Waals surface area contributed by atoms with Crippen LogP contribution in [-0.4, -0.2) is 35.4 Å². The molecule has 1 amide bonds. The van der Waals surface area contributed by atoms with Gasteiger partial charge in [0.05, 0.1) is 6.04 Å². The second-order valence-electron chi connectivity index (χ2n) is 2.35. The molecular weight excluding hydrogens is 170 g/mol. The van der Waals surface area contributed by atoms with Crippen LogP contribution in [0.2, 0.25) is 0 Å². The molecule has 1 heterocycles. The molecular formula is C5H10ClN2OP. The van der Waals surface area contributed by atoms with Gasteiger partial charge in [-0.25, -0.2) is 4.67 Å². The molecule has 0 radical (unpaired) electrons. The molecule has 58 valence electrons. The van der Waals surface area contributed by atoms with Crippen LogP contribution in [0.25, 0.3) is 0 Å². The minimum atomic E-state index is -0.877. The molecule has 3 nitrogen and oxygen atoms in total. The smallest absolute Gasteiger partial charge is 0.244 e. The fourth-order valence-electron chi connectivity index (χ4n) is 0.866. The Morgan fingerprint density at radius 2 is 2.10 bits per heavy atom. The van der Waals surface area contributed by atoms with Crippen LogP contribution < -0.4 is 0 Å². The Morgan fingerprint density at radius 1 is 1.60 bits per heavy atom. The highest BCUT2D eigenvalue weighted by atomic mass is 35.7. The summed E-state index contributed by atoms with van der Waals surface area (Å²) in [6.45, 7) is 1.86. The van der Waals surface area contributed by atoms with Crippen molar-refractivity contribution in [1.82, 2.24) is 9.34 Å². The molecule has 1 aliphatic heterocycles. The van der Waals surface area contributed by atoms with Crippen LogP contribution in [-0.2, 0) is 4.79 Å². The van der Waals surface area contributed by atoms with E-state index in [0.717, 1.165) is 0 Å². The lowest BCUT2D eigenvalue weighted by Gasteiger charge is -2.16. The Balaban J connectivity index is 2.78. The van der Waals surface area contributed by atoms with Crippen LogP contribution in [0.1, 0.15) is 6.92 Å². The van der Waals surface area contributed by atoms with Crippen LogP contribution in [0.5, 0.6) is 0 Å². The lowest BCUT2D eigenvalue weighted by Crippen LogP contribution is -2.26. The van der Waals surface area contributed by atoms with Gasteiger partial charge in [-0.15, -0.1) is 0 Å². The number of halogens is 1. The predicted molar refractivity (Wildman–Crippen MR) is 42.8 cm³/mol. The van der Waals surface area contributed by atoms with Crippen molar-refractivity contribution >= 4 is 24.7 Å². The Bertz CT molecular complexity index is 150. The highest BCUT2D eigenvalue weighted by molar-refractivity contribution is 7.81. The van der Waals surface area contributed by atoms with E-state index in [0.29, 0.717) is 0 Å². The third kappa shape index (κ3) is 1.03. The van der Waals surface area contributed by atoms with E-state index in [4.69, 9.17) is 11.2 Å². The summed E-state index contributed by atoms with van der Waals surface area (Å²) in [5.74, 6) is 0.114. The summed E-state index contributed by atoms with van der Waals surface area (Å²) in [5, 5.41) is 0. The normalized spacial score (nSPS) is 35.6. The van der Waals surface area contributed by atoms with E-state index in [2.05, 4.69) is 0 Å². The molecule has 10 heavy (non-hydrogen) atoms. The summed E-state index contributed by atoms with van der Waals surface area (Å²) < 4.78 is 3.49. The van der Waals surface area contributed by atoms with Gasteiger partial charge in [-0.3, -0.25) is 9.46 Å². The number of carbonyl (C=O) groups excluding carboxylic acids is 1. The number of carbonyl (C=O) groups is 1. The maximum Gasteiger partial charge on any atom is 0.244 e. The maximum atomic E-state index is 11.1. The number of nitrogens with zero attached hydrogens (tertiary/aromatic N) is 2. The molecule has 0 saturated carbocycles. The number of hydrogen-bond acceptors (Lipinski definition) is 2. The zero-order chi connectivity index (χ0) is 7.89. The standard InChI is InChI=1S/C5H10ClN2OP/c1-4-5(9)8(3)10(6)7(4)2/h4H,1-3H3. The predicted octanol–water partition coefficient (Wildman–Crippen LogP) is 1.24. The highest BCUT2D eigenvalue weighted by Gasteiger charge is 2.38. The fourth-order valence-corrected chi connectivity index (χ4v) is 2.62. The van der Waals surface area contributed by atoms with Gasteiger partial charge in [0.1, 0.15) is 0 Å². The molecule has 0 aromatic carbocycles. The van der Waals surface area contributed by atoms with Crippen LogP contribution in [0.4, 0.5) is 0 Å². The largest absolute Gasteiger partial charge is 0.298 e. The Kier molecular flexibility index (Phi) is 2.18. The minimum Gasteiger partial charge on any atom is -0.298 e. The third-order valence-corrected chi connectivity index (χ3v) is 4.70. The maximum absolute atomic E-state index is 11.1. The Morgan fingerprint density at radius 3 is 2.20 bits per heavy atom. The van der Waals surface area contributed by atoms with Gasteiger partial charge < -0.3 is 0 Å². The summed E-state index contributed by atoms with van der Waals surface area (Å²) in [7, 11) is 2.73. The van der Waals surface area contributed by atoms with Crippen molar-refractivity contribution < 1.29 is 4.79 Å². The zero-order valence-corrected chi connectivity index (χ0v) is 7.86. The molecule has 0 aromatic heterocycles. The second kappa shape index (κ2) is 2.65. The van der Waals surface area contributed by atoms with E-state index in [-0.39, 0.29) is 11.9 Å². The van der Waals surface area contributed by atoms with Crippen LogP contribution >= 0.6 is 18.8 Å². The third-order valence-electron chi connectivity index (χ3n) is 1.74. The SMILES string of the molecule is CC1C(=O)N(C)P(Cl)N1C. The summed E-state index contributed by atoms with van der Waals surface area (Å²) >= 11 is 5.90. The summed E-state index contributed by atoms with van der Waals surface area (Å²) in [6, 6.07) is -0.0476. The van der Waals surface area contributed by atoms with Gasteiger partial charge in [-0.2, -0.15) is 0 Å². The quantitative estimate of drug-likeness (QED) is 0.524. The van der Waals surface area contributed by atoms with Gasteiger partial charge in [0.25, 0.3) is 0 Å². The van der Waals surface area contributed by atoms with E-state index in [1.165, 1.54) is 0 Å². The van der Waals surface area contributed by atoms with Gasteiger partial charge in [0, 0.05) is 7.05 Å². The van der Waals surface area contributed by atoms with Gasteiger partial charge in [0.15, 0.2) is 7.58 Å². The monoisotopic (exact) mass is 180 g/mol. The highest BCUT2D eigenvalue weighted by Crippen LogP contribution is 2.53. The van der Waals surface area contributed by atoms with Crippen molar-refractivity contribution in [1.29, 1.82) is 0 Å². The zero-order valence-electron chi connectivity index (χ0n) is 6.21. The van der Waals surface area contributed by atoms with Crippen LogP contribution in [0.15, 0.2) is 0 Å². The van der Waals surface area contributed by atoms with Gasteiger partial charge in [-0.1, -0.05) is 11.2 Å². The molecule has 0 spiro atoms. The number of likely N-dealkylation sites (N-methyl/N-ethyl adjacent to an activating group) is 2. The summed E-state index contributed by atoms with van der Waals surface area (Å²) in [4.78, 5) is 11.1. The summed E-state index contributed by atoms with van der Waals surface area (Å²) in [6.07, 6.45) is 0. The molecule has 0 aliphatic carbocycles. The number of rotatable bonds is 0. The molecule has 1 aliphatic rings. The second-order valence-corrected chi connectivity index (χ2v) is 4.97. The van der Waals surface area contributed by atoms with Crippen LogP contribution in [0, 0.1) is 0 Å². The van der Waals surface area contributed by atoms with Crippen molar-refractivity contribution in [3.63, 3.8) is 0 Å². The van der Waals surface area contributed by atoms with E-state index < -0.39 is 7.58 Å². The van der Waals surface area contributed by atoms with Crippen molar-refractivity contribution in [2.24, 2.45) is 0 Å². The molecule has 2 unspecified atom stereocenters. The van der Waals surface area contributed by atoms with Crippen LogP contribution in [0.3, 0.4) is 0 Å². The van der Waals surface area contributed by atoms with E-state index in [9.17, 15) is 4.79 Å². The Labute approximate surface area is 66.6 Å². The molecule has 1 saturated heterocycles. The molecule has 1 fully saturated rings. The first kappa shape index (κ1) is 8.25. The average molecular weight is 181 g/mol. The average Bonchev–Trinajstić information content (AvgIpc) is 2.07.